The van der Waals surface area contributed by atoms with Crippen molar-refractivity contribution in [1.29, 1.82) is 0 Å². The standard InChI is InChI=1S/C29H33NO2/c1-22(2)18-26(25-16-10-5-11-17-25)27(19-23-12-6-3-7-13-23)28-21-30(29(31)32-28)20-24-14-8-4-9-15-24/h4-5,8-11,14-17,19,23,28H,3,6-7,12-13,20-21H2,1-2H3/b27-19+. The second-order valence-corrected chi connectivity index (χ2v) is 9.12. The summed E-state index contributed by atoms with van der Waals surface area (Å²) in [6.07, 6.45) is 8.13. The van der Waals surface area contributed by atoms with E-state index in [2.05, 4.69) is 62.1 Å². The third-order valence-corrected chi connectivity index (χ3v) is 6.24. The van der Waals surface area contributed by atoms with Gasteiger partial charge in [-0.1, -0.05) is 86.0 Å². The van der Waals surface area contributed by atoms with Crippen LogP contribution in [-0.4, -0.2) is 23.6 Å². The predicted octanol–water partition coefficient (Wildman–Crippen LogP) is 7.16. The lowest BCUT2D eigenvalue weighted by Crippen LogP contribution is -2.25. The minimum absolute atomic E-state index is 0.238. The predicted molar refractivity (Wildman–Crippen MR) is 130 cm³/mol. The van der Waals surface area contributed by atoms with Crippen LogP contribution in [0.5, 0.6) is 0 Å². The van der Waals surface area contributed by atoms with Gasteiger partial charge in [-0.05, 0) is 49.3 Å². The fraction of sp³-hybridized carbons (Fsp3) is 0.379. The number of carbonyl (C=O) groups excluding carboxylic acids is 1. The lowest BCUT2D eigenvalue weighted by atomic mass is 9.84. The van der Waals surface area contributed by atoms with Crippen LogP contribution in [0.3, 0.4) is 0 Å². The van der Waals surface area contributed by atoms with Crippen LogP contribution in [-0.2, 0) is 11.3 Å². The van der Waals surface area contributed by atoms with Gasteiger partial charge in [-0.2, -0.15) is 0 Å². The molecule has 4 rings (SSSR count). The molecule has 1 atom stereocenters. The van der Waals surface area contributed by atoms with E-state index in [0.717, 1.165) is 27.8 Å². The molecular weight excluding hydrogens is 394 g/mol. The third kappa shape index (κ3) is 5.60. The Morgan fingerprint density at radius 3 is 2.31 bits per heavy atom. The SMILES string of the molecule is CC(C)=C=C(/C(=C\C1CCCCC1)C1CN(Cc2ccccc2)C(=O)O1)c1ccccc1. The summed E-state index contributed by atoms with van der Waals surface area (Å²) in [4.78, 5) is 14.6. The lowest BCUT2D eigenvalue weighted by Gasteiger charge is -2.23. The van der Waals surface area contributed by atoms with Gasteiger partial charge in [-0.15, -0.1) is 5.73 Å². The van der Waals surface area contributed by atoms with Gasteiger partial charge >= 0.3 is 6.09 Å². The van der Waals surface area contributed by atoms with Gasteiger partial charge < -0.3 is 4.74 Å². The number of hydrogen-bond acceptors (Lipinski definition) is 2. The Labute approximate surface area is 192 Å². The van der Waals surface area contributed by atoms with E-state index in [0.29, 0.717) is 19.0 Å². The van der Waals surface area contributed by atoms with Gasteiger partial charge in [0.05, 0.1) is 6.54 Å². The van der Waals surface area contributed by atoms with Gasteiger partial charge in [0.2, 0.25) is 0 Å². The van der Waals surface area contributed by atoms with E-state index in [4.69, 9.17) is 4.74 Å². The highest BCUT2D eigenvalue weighted by atomic mass is 16.6. The van der Waals surface area contributed by atoms with E-state index in [1.165, 1.54) is 32.1 Å². The smallest absolute Gasteiger partial charge is 0.410 e. The molecule has 3 heteroatoms. The van der Waals surface area contributed by atoms with Crippen molar-refractivity contribution in [3.05, 3.63) is 94.7 Å². The van der Waals surface area contributed by atoms with E-state index in [1.807, 2.05) is 29.2 Å². The number of allylic oxidation sites excluding steroid dienone is 1. The first-order chi connectivity index (χ1) is 15.6. The molecule has 1 aliphatic heterocycles. The van der Waals surface area contributed by atoms with Crippen molar-refractivity contribution in [3.8, 4) is 0 Å². The Bertz CT molecular complexity index is 1010. The Balaban J connectivity index is 1.69. The zero-order valence-corrected chi connectivity index (χ0v) is 19.2. The summed E-state index contributed by atoms with van der Waals surface area (Å²) in [7, 11) is 0. The molecule has 166 valence electrons. The van der Waals surface area contributed by atoms with E-state index >= 15 is 0 Å². The van der Waals surface area contributed by atoms with Crippen molar-refractivity contribution < 1.29 is 9.53 Å². The van der Waals surface area contributed by atoms with Crippen LogP contribution >= 0.6 is 0 Å². The van der Waals surface area contributed by atoms with Gasteiger partial charge in [0.1, 0.15) is 6.10 Å². The van der Waals surface area contributed by atoms with Gasteiger partial charge in [0, 0.05) is 17.7 Å². The van der Waals surface area contributed by atoms with Crippen molar-refractivity contribution in [3.63, 3.8) is 0 Å². The van der Waals surface area contributed by atoms with E-state index in [1.54, 1.807) is 0 Å². The van der Waals surface area contributed by atoms with Crippen LogP contribution in [0.25, 0.3) is 5.57 Å². The van der Waals surface area contributed by atoms with Crippen molar-refractivity contribution in [2.45, 2.75) is 58.6 Å². The molecule has 3 nitrogen and oxygen atoms in total. The molecule has 2 aromatic rings. The summed E-state index contributed by atoms with van der Waals surface area (Å²) in [5.74, 6) is 0.526. The Morgan fingerprint density at radius 1 is 1.00 bits per heavy atom. The molecular formula is C29H33NO2. The zero-order chi connectivity index (χ0) is 22.3. The number of ether oxygens (including phenoxy) is 1. The first-order valence-electron chi connectivity index (χ1n) is 11.8. The van der Waals surface area contributed by atoms with Crippen molar-refractivity contribution in [2.75, 3.05) is 6.54 Å². The molecule has 1 aliphatic carbocycles. The number of rotatable bonds is 6. The number of amides is 1. The quantitative estimate of drug-likeness (QED) is 0.361. The van der Waals surface area contributed by atoms with Crippen LogP contribution in [0.4, 0.5) is 4.79 Å². The molecule has 1 saturated carbocycles. The maximum absolute atomic E-state index is 12.8. The summed E-state index contributed by atoms with van der Waals surface area (Å²) in [6.45, 7) is 5.28. The molecule has 0 N–H and O–H groups in total. The van der Waals surface area contributed by atoms with Gasteiger partial charge in [-0.3, -0.25) is 4.90 Å². The fourth-order valence-corrected chi connectivity index (χ4v) is 4.68. The summed E-state index contributed by atoms with van der Waals surface area (Å²) < 4.78 is 5.98. The highest BCUT2D eigenvalue weighted by Gasteiger charge is 2.35. The van der Waals surface area contributed by atoms with Gasteiger partial charge in [0.15, 0.2) is 0 Å². The average molecular weight is 428 g/mol. The molecule has 0 spiro atoms. The fourth-order valence-electron chi connectivity index (χ4n) is 4.68. The molecule has 32 heavy (non-hydrogen) atoms. The largest absolute Gasteiger partial charge is 0.439 e. The second kappa shape index (κ2) is 10.5. The number of benzene rings is 2. The van der Waals surface area contributed by atoms with Crippen molar-refractivity contribution in [1.82, 2.24) is 4.90 Å². The van der Waals surface area contributed by atoms with Gasteiger partial charge in [-0.25, -0.2) is 4.79 Å². The molecule has 2 aromatic carbocycles. The molecule has 1 saturated heterocycles. The summed E-state index contributed by atoms with van der Waals surface area (Å²) >= 11 is 0. The molecule has 1 heterocycles. The number of carbonyl (C=O) groups is 1. The number of cyclic esters (lactones) is 1. The van der Waals surface area contributed by atoms with E-state index in [-0.39, 0.29) is 12.2 Å². The zero-order valence-electron chi connectivity index (χ0n) is 19.2. The monoisotopic (exact) mass is 427 g/mol. The van der Waals surface area contributed by atoms with E-state index in [9.17, 15) is 4.79 Å². The maximum atomic E-state index is 12.8. The topological polar surface area (TPSA) is 29.5 Å². The van der Waals surface area contributed by atoms with Crippen LogP contribution in [0.2, 0.25) is 0 Å². The molecule has 2 fully saturated rings. The second-order valence-electron chi connectivity index (χ2n) is 9.12. The number of nitrogens with zero attached hydrogens (tertiary/aromatic N) is 1. The lowest BCUT2D eigenvalue weighted by molar-refractivity contribution is 0.142. The molecule has 0 radical (unpaired) electrons. The van der Waals surface area contributed by atoms with Crippen molar-refractivity contribution in [2.24, 2.45) is 5.92 Å². The minimum atomic E-state index is -0.282. The summed E-state index contributed by atoms with van der Waals surface area (Å²) in [6, 6.07) is 20.5. The van der Waals surface area contributed by atoms with Crippen LogP contribution in [0.15, 0.2) is 83.6 Å². The minimum Gasteiger partial charge on any atom is -0.439 e. The summed E-state index contributed by atoms with van der Waals surface area (Å²) in [5, 5.41) is 0. The molecule has 2 aliphatic rings. The van der Waals surface area contributed by atoms with Gasteiger partial charge in [0.25, 0.3) is 0 Å². The molecule has 0 aromatic heterocycles. The average Bonchev–Trinajstić information content (AvgIpc) is 3.17. The first-order valence-corrected chi connectivity index (χ1v) is 11.8. The highest BCUT2D eigenvalue weighted by molar-refractivity contribution is 5.82. The number of hydrogen-bond donors (Lipinski definition) is 0. The Kier molecular flexibility index (Phi) is 7.29. The Morgan fingerprint density at radius 2 is 1.66 bits per heavy atom. The third-order valence-electron chi connectivity index (χ3n) is 6.24. The normalized spacial score (nSPS) is 19.4. The summed E-state index contributed by atoms with van der Waals surface area (Å²) in [5.41, 5.74) is 9.10. The van der Waals surface area contributed by atoms with E-state index < -0.39 is 0 Å². The first kappa shape index (κ1) is 22.2. The van der Waals surface area contributed by atoms with Crippen LogP contribution in [0, 0.1) is 5.92 Å². The Hall–Kier alpha value is -3.03. The maximum Gasteiger partial charge on any atom is 0.410 e. The molecule has 1 unspecified atom stereocenters. The molecule has 0 bridgehead atoms. The van der Waals surface area contributed by atoms with Crippen LogP contribution in [0.1, 0.15) is 57.1 Å². The van der Waals surface area contributed by atoms with Crippen molar-refractivity contribution >= 4 is 11.7 Å². The molecule has 1 amide bonds. The van der Waals surface area contributed by atoms with Crippen LogP contribution < -0.4 is 0 Å². The highest BCUT2D eigenvalue weighted by Crippen LogP contribution is 2.35.